The second-order valence-electron chi connectivity index (χ2n) is 3.30. The summed E-state index contributed by atoms with van der Waals surface area (Å²) in [5, 5.41) is 4.05. The predicted molar refractivity (Wildman–Crippen MR) is 76.1 cm³/mol. The number of anilines is 3. The van der Waals surface area contributed by atoms with Gasteiger partial charge in [0.15, 0.2) is 5.82 Å². The van der Waals surface area contributed by atoms with E-state index in [0.717, 1.165) is 10.2 Å². The van der Waals surface area contributed by atoms with Crippen LogP contribution in [0.1, 0.15) is 0 Å². The van der Waals surface area contributed by atoms with Crippen molar-refractivity contribution in [3.63, 3.8) is 0 Å². The lowest BCUT2D eigenvalue weighted by atomic mass is 10.3. The molecule has 88 valence electrons. The number of nitrogen functional groups attached to an aromatic ring is 1. The molecule has 1 aromatic carbocycles. The highest BCUT2D eigenvalue weighted by molar-refractivity contribution is 9.10. The zero-order valence-electron chi connectivity index (χ0n) is 8.55. The van der Waals surface area contributed by atoms with Crippen molar-refractivity contribution < 1.29 is 0 Å². The van der Waals surface area contributed by atoms with Gasteiger partial charge in [-0.2, -0.15) is 0 Å². The third kappa shape index (κ3) is 2.83. The van der Waals surface area contributed by atoms with E-state index < -0.39 is 0 Å². The molecule has 6 heteroatoms. The first-order valence-corrected chi connectivity index (χ1v) is 6.26. The summed E-state index contributed by atoms with van der Waals surface area (Å²) in [6.45, 7) is 0. The van der Waals surface area contributed by atoms with Crippen LogP contribution in [0.5, 0.6) is 0 Å². The minimum Gasteiger partial charge on any atom is -0.396 e. The first-order valence-electron chi connectivity index (χ1n) is 4.71. The molecule has 2 aromatic rings. The lowest BCUT2D eigenvalue weighted by molar-refractivity contribution is 1.31. The SMILES string of the molecule is Nc1ccc(Cl)nc1Nc1cccc(Cl)c1Br. The van der Waals surface area contributed by atoms with Gasteiger partial charge in [-0.3, -0.25) is 0 Å². The van der Waals surface area contributed by atoms with Crippen LogP contribution in [-0.4, -0.2) is 4.98 Å². The molecule has 0 radical (unpaired) electrons. The number of benzene rings is 1. The second kappa shape index (κ2) is 5.12. The monoisotopic (exact) mass is 331 g/mol. The maximum atomic E-state index is 5.99. The summed E-state index contributed by atoms with van der Waals surface area (Å²) in [5.41, 5.74) is 7.09. The van der Waals surface area contributed by atoms with E-state index in [1.165, 1.54) is 0 Å². The fourth-order valence-corrected chi connectivity index (χ4v) is 1.96. The Morgan fingerprint density at radius 1 is 1.18 bits per heavy atom. The van der Waals surface area contributed by atoms with Gasteiger partial charge >= 0.3 is 0 Å². The van der Waals surface area contributed by atoms with Crippen molar-refractivity contribution in [1.29, 1.82) is 0 Å². The molecule has 0 aliphatic carbocycles. The van der Waals surface area contributed by atoms with Gasteiger partial charge < -0.3 is 11.1 Å². The van der Waals surface area contributed by atoms with Crippen LogP contribution in [0, 0.1) is 0 Å². The molecule has 0 atom stereocenters. The lowest BCUT2D eigenvalue weighted by Crippen LogP contribution is -1.99. The van der Waals surface area contributed by atoms with Gasteiger partial charge in [0, 0.05) is 0 Å². The van der Waals surface area contributed by atoms with Crippen LogP contribution in [0.2, 0.25) is 10.2 Å². The van der Waals surface area contributed by atoms with Crippen molar-refractivity contribution in [2.24, 2.45) is 0 Å². The highest BCUT2D eigenvalue weighted by atomic mass is 79.9. The zero-order valence-corrected chi connectivity index (χ0v) is 11.6. The molecule has 3 N–H and O–H groups in total. The topological polar surface area (TPSA) is 50.9 Å². The summed E-state index contributed by atoms with van der Waals surface area (Å²) in [6, 6.07) is 8.80. The molecule has 2 rings (SSSR count). The number of hydrogen-bond acceptors (Lipinski definition) is 3. The van der Waals surface area contributed by atoms with Crippen LogP contribution in [0.15, 0.2) is 34.8 Å². The molecule has 0 unspecified atom stereocenters. The molecular weight excluding hydrogens is 325 g/mol. The van der Waals surface area contributed by atoms with Crippen LogP contribution in [0.4, 0.5) is 17.2 Å². The Morgan fingerprint density at radius 2 is 1.94 bits per heavy atom. The van der Waals surface area contributed by atoms with Crippen molar-refractivity contribution in [3.05, 3.63) is 45.0 Å². The van der Waals surface area contributed by atoms with Crippen molar-refractivity contribution >= 4 is 56.3 Å². The van der Waals surface area contributed by atoms with Gasteiger partial charge in [-0.15, -0.1) is 0 Å². The third-order valence-electron chi connectivity index (χ3n) is 2.10. The van der Waals surface area contributed by atoms with E-state index in [1.54, 1.807) is 18.2 Å². The smallest absolute Gasteiger partial charge is 0.155 e. The molecule has 1 aromatic heterocycles. The fourth-order valence-electron chi connectivity index (χ4n) is 1.27. The molecule has 0 aliphatic heterocycles. The predicted octanol–water partition coefficient (Wildman–Crippen LogP) is 4.48. The number of aromatic nitrogens is 1. The van der Waals surface area contributed by atoms with Gasteiger partial charge in [-0.05, 0) is 40.2 Å². The van der Waals surface area contributed by atoms with Crippen molar-refractivity contribution in [1.82, 2.24) is 4.98 Å². The summed E-state index contributed by atoms with van der Waals surface area (Å²) in [4.78, 5) is 4.10. The lowest BCUT2D eigenvalue weighted by Gasteiger charge is -2.10. The van der Waals surface area contributed by atoms with Gasteiger partial charge in [0.2, 0.25) is 0 Å². The number of rotatable bonds is 2. The minimum absolute atomic E-state index is 0.375. The number of halogens is 3. The normalized spacial score (nSPS) is 10.3. The van der Waals surface area contributed by atoms with Crippen LogP contribution in [0.25, 0.3) is 0 Å². The Hall–Kier alpha value is -0.970. The van der Waals surface area contributed by atoms with E-state index in [9.17, 15) is 0 Å². The van der Waals surface area contributed by atoms with Crippen LogP contribution in [-0.2, 0) is 0 Å². The molecule has 0 spiro atoms. The summed E-state index contributed by atoms with van der Waals surface area (Å²) in [5.74, 6) is 0.500. The Bertz CT molecular complexity index is 560. The van der Waals surface area contributed by atoms with Crippen molar-refractivity contribution in [3.8, 4) is 0 Å². The molecule has 0 fully saturated rings. The molecule has 0 aliphatic rings. The van der Waals surface area contributed by atoms with Gasteiger partial charge in [0.1, 0.15) is 5.15 Å². The van der Waals surface area contributed by atoms with E-state index in [-0.39, 0.29) is 0 Å². The van der Waals surface area contributed by atoms with E-state index >= 15 is 0 Å². The van der Waals surface area contributed by atoms with Gasteiger partial charge in [0.05, 0.1) is 20.9 Å². The molecule has 0 amide bonds. The Kier molecular flexibility index (Phi) is 3.76. The molecular formula is C11H8BrCl2N3. The number of nitrogens with one attached hydrogen (secondary N) is 1. The number of nitrogens with zero attached hydrogens (tertiary/aromatic N) is 1. The highest BCUT2D eigenvalue weighted by Gasteiger charge is 2.07. The van der Waals surface area contributed by atoms with E-state index in [1.807, 2.05) is 12.1 Å². The van der Waals surface area contributed by atoms with E-state index in [4.69, 9.17) is 28.9 Å². The number of nitrogens with two attached hydrogens (primary N) is 1. The molecule has 17 heavy (non-hydrogen) atoms. The average molecular weight is 333 g/mol. The second-order valence-corrected chi connectivity index (χ2v) is 4.89. The zero-order chi connectivity index (χ0) is 12.4. The Balaban J connectivity index is 2.38. The average Bonchev–Trinajstić information content (AvgIpc) is 2.30. The van der Waals surface area contributed by atoms with Gasteiger partial charge in [0.25, 0.3) is 0 Å². The van der Waals surface area contributed by atoms with E-state index in [0.29, 0.717) is 21.7 Å². The van der Waals surface area contributed by atoms with Gasteiger partial charge in [-0.1, -0.05) is 29.3 Å². The molecule has 0 saturated carbocycles. The minimum atomic E-state index is 0.375. The molecule has 1 heterocycles. The highest BCUT2D eigenvalue weighted by Crippen LogP contribution is 2.33. The number of pyridine rings is 1. The van der Waals surface area contributed by atoms with Crippen LogP contribution in [0.3, 0.4) is 0 Å². The Morgan fingerprint density at radius 3 is 2.71 bits per heavy atom. The summed E-state index contributed by atoms with van der Waals surface area (Å²) < 4.78 is 0.753. The van der Waals surface area contributed by atoms with Crippen molar-refractivity contribution in [2.45, 2.75) is 0 Å². The number of hydrogen-bond donors (Lipinski definition) is 2. The fraction of sp³-hybridized carbons (Fsp3) is 0. The summed E-state index contributed by atoms with van der Waals surface area (Å²) in [6.07, 6.45) is 0. The summed E-state index contributed by atoms with van der Waals surface area (Å²) >= 11 is 15.2. The first kappa shape index (κ1) is 12.5. The quantitative estimate of drug-likeness (QED) is 0.797. The van der Waals surface area contributed by atoms with Crippen LogP contribution >= 0.6 is 39.1 Å². The molecule has 3 nitrogen and oxygen atoms in total. The third-order valence-corrected chi connectivity index (χ3v) is 3.71. The maximum Gasteiger partial charge on any atom is 0.155 e. The molecule has 0 bridgehead atoms. The van der Waals surface area contributed by atoms with Crippen molar-refractivity contribution in [2.75, 3.05) is 11.1 Å². The maximum absolute atomic E-state index is 5.99. The Labute approximate surface area is 117 Å². The largest absolute Gasteiger partial charge is 0.396 e. The van der Waals surface area contributed by atoms with E-state index in [2.05, 4.69) is 26.2 Å². The molecule has 0 saturated heterocycles. The van der Waals surface area contributed by atoms with Crippen LogP contribution < -0.4 is 11.1 Å². The van der Waals surface area contributed by atoms with Gasteiger partial charge in [-0.25, -0.2) is 4.98 Å². The summed E-state index contributed by atoms with van der Waals surface area (Å²) in [7, 11) is 0. The standard InChI is InChI=1S/C11H8BrCl2N3/c12-10-6(13)2-1-3-8(10)16-11-7(15)4-5-9(14)17-11/h1-5H,15H2,(H,16,17). The first-order chi connectivity index (χ1) is 8.08.